The Kier molecular flexibility index (Phi) is 4.36. The van der Waals surface area contributed by atoms with Crippen molar-refractivity contribution in [3.05, 3.63) is 0 Å². The Bertz CT molecular complexity index is 338. The lowest BCUT2D eigenvalue weighted by atomic mass is 10.1. The minimum absolute atomic E-state index is 0.100. The molecule has 104 valence electrons. The fraction of sp³-hybridized carbons (Fsp3) is 0.778. The third kappa shape index (κ3) is 3.47. The summed E-state index contributed by atoms with van der Waals surface area (Å²) in [4.78, 5) is 22.9. The summed E-state index contributed by atoms with van der Waals surface area (Å²) in [6, 6.07) is -0.959. The quantitative estimate of drug-likeness (QED) is 0.750. The fourth-order valence-electron chi connectivity index (χ4n) is 1.53. The van der Waals surface area contributed by atoms with Crippen molar-refractivity contribution in [3.63, 3.8) is 0 Å². The SMILES string of the molecule is O=C(O)C1CCN(C(=O)NCC(F)(F)C(F)F)C1. The minimum atomic E-state index is -4.29. The van der Waals surface area contributed by atoms with Crippen LogP contribution >= 0.6 is 0 Å². The van der Waals surface area contributed by atoms with Crippen LogP contribution in [0.2, 0.25) is 0 Å². The van der Waals surface area contributed by atoms with Crippen LogP contribution in [0, 0.1) is 5.92 Å². The summed E-state index contributed by atoms with van der Waals surface area (Å²) in [5, 5.41) is 10.3. The van der Waals surface area contributed by atoms with E-state index in [2.05, 4.69) is 0 Å². The molecule has 18 heavy (non-hydrogen) atoms. The lowest BCUT2D eigenvalue weighted by Crippen LogP contribution is -2.46. The van der Waals surface area contributed by atoms with Crippen molar-refractivity contribution in [3.8, 4) is 0 Å². The molecule has 0 radical (unpaired) electrons. The van der Waals surface area contributed by atoms with Crippen molar-refractivity contribution < 1.29 is 32.3 Å². The van der Waals surface area contributed by atoms with Gasteiger partial charge in [0.05, 0.1) is 12.5 Å². The Morgan fingerprint density at radius 2 is 2.06 bits per heavy atom. The van der Waals surface area contributed by atoms with Gasteiger partial charge in [-0.2, -0.15) is 8.78 Å². The predicted molar refractivity (Wildman–Crippen MR) is 51.7 cm³/mol. The second-order valence-electron chi connectivity index (χ2n) is 3.99. The first kappa shape index (κ1) is 14.5. The number of carboxylic acids is 1. The molecular weight excluding hydrogens is 260 g/mol. The first-order chi connectivity index (χ1) is 8.24. The summed E-state index contributed by atoms with van der Waals surface area (Å²) in [6.07, 6.45) is -3.64. The number of aliphatic carboxylic acids is 1. The summed E-state index contributed by atoms with van der Waals surface area (Å²) >= 11 is 0. The van der Waals surface area contributed by atoms with Crippen molar-refractivity contribution in [1.82, 2.24) is 10.2 Å². The first-order valence-corrected chi connectivity index (χ1v) is 5.15. The molecule has 0 aliphatic carbocycles. The van der Waals surface area contributed by atoms with Gasteiger partial charge >= 0.3 is 24.3 Å². The van der Waals surface area contributed by atoms with Crippen molar-refractivity contribution >= 4 is 12.0 Å². The van der Waals surface area contributed by atoms with Crippen LogP contribution in [0.5, 0.6) is 0 Å². The highest BCUT2D eigenvalue weighted by molar-refractivity contribution is 5.77. The van der Waals surface area contributed by atoms with Gasteiger partial charge in [0.15, 0.2) is 0 Å². The van der Waals surface area contributed by atoms with Gasteiger partial charge in [0.1, 0.15) is 0 Å². The number of nitrogens with one attached hydrogen (secondary N) is 1. The second kappa shape index (κ2) is 5.40. The van der Waals surface area contributed by atoms with Gasteiger partial charge in [-0.1, -0.05) is 0 Å². The average Bonchev–Trinajstić information content (AvgIpc) is 2.75. The molecule has 0 saturated carbocycles. The maximum atomic E-state index is 12.5. The number of carboxylic acid groups (broad SMARTS) is 1. The topological polar surface area (TPSA) is 69.6 Å². The molecule has 0 bridgehead atoms. The zero-order chi connectivity index (χ0) is 13.9. The number of nitrogens with zero attached hydrogens (tertiary/aromatic N) is 1. The molecule has 1 atom stereocenters. The maximum absolute atomic E-state index is 12.5. The van der Waals surface area contributed by atoms with Gasteiger partial charge in [-0.3, -0.25) is 4.79 Å². The Morgan fingerprint density at radius 3 is 2.50 bits per heavy atom. The van der Waals surface area contributed by atoms with E-state index in [1.54, 1.807) is 5.32 Å². The van der Waals surface area contributed by atoms with Crippen LogP contribution in [0.4, 0.5) is 22.4 Å². The van der Waals surface area contributed by atoms with E-state index in [-0.39, 0.29) is 19.5 Å². The van der Waals surface area contributed by atoms with E-state index in [4.69, 9.17) is 5.11 Å². The second-order valence-corrected chi connectivity index (χ2v) is 3.99. The molecule has 1 aliphatic rings. The van der Waals surface area contributed by atoms with Crippen LogP contribution in [-0.2, 0) is 4.79 Å². The third-order valence-electron chi connectivity index (χ3n) is 2.62. The van der Waals surface area contributed by atoms with Crippen LogP contribution in [0.25, 0.3) is 0 Å². The lowest BCUT2D eigenvalue weighted by molar-refractivity contribution is -0.141. The number of rotatable bonds is 4. The molecule has 1 fully saturated rings. The van der Waals surface area contributed by atoms with Gasteiger partial charge in [-0.25, -0.2) is 13.6 Å². The molecular formula is C9H12F4N2O3. The summed E-state index contributed by atoms with van der Waals surface area (Å²) in [5.41, 5.74) is 0. The molecule has 5 nitrogen and oxygen atoms in total. The van der Waals surface area contributed by atoms with Crippen LogP contribution in [0.3, 0.4) is 0 Å². The van der Waals surface area contributed by atoms with Crippen molar-refractivity contribution in [2.75, 3.05) is 19.6 Å². The van der Waals surface area contributed by atoms with E-state index < -0.39 is 36.8 Å². The van der Waals surface area contributed by atoms with Gasteiger partial charge in [-0.15, -0.1) is 0 Å². The van der Waals surface area contributed by atoms with E-state index in [0.29, 0.717) is 0 Å². The van der Waals surface area contributed by atoms with E-state index in [1.807, 2.05) is 0 Å². The van der Waals surface area contributed by atoms with Gasteiger partial charge < -0.3 is 15.3 Å². The number of carbonyl (C=O) groups is 2. The number of alkyl halides is 4. The minimum Gasteiger partial charge on any atom is -0.481 e. The highest BCUT2D eigenvalue weighted by Crippen LogP contribution is 2.22. The third-order valence-corrected chi connectivity index (χ3v) is 2.62. The van der Waals surface area contributed by atoms with Crippen LogP contribution < -0.4 is 5.32 Å². The summed E-state index contributed by atoms with van der Waals surface area (Å²) < 4.78 is 48.7. The molecule has 2 amide bonds. The Labute approximate surface area is 99.7 Å². The van der Waals surface area contributed by atoms with E-state index in [9.17, 15) is 27.2 Å². The zero-order valence-electron chi connectivity index (χ0n) is 9.21. The number of halogens is 4. The highest BCUT2D eigenvalue weighted by atomic mass is 19.3. The molecule has 1 rings (SSSR count). The Balaban J connectivity index is 2.41. The summed E-state index contributed by atoms with van der Waals surface area (Å²) in [7, 11) is 0. The van der Waals surface area contributed by atoms with Gasteiger partial charge in [0.2, 0.25) is 0 Å². The molecule has 0 aromatic heterocycles. The van der Waals surface area contributed by atoms with Gasteiger partial charge in [0, 0.05) is 13.1 Å². The number of urea groups is 1. The number of likely N-dealkylation sites (tertiary alicyclic amines) is 1. The maximum Gasteiger partial charge on any atom is 0.324 e. The smallest absolute Gasteiger partial charge is 0.324 e. The number of amides is 2. The molecule has 2 N–H and O–H groups in total. The molecule has 0 aromatic carbocycles. The largest absolute Gasteiger partial charge is 0.481 e. The standard InChI is InChI=1S/C9H12F4N2O3/c10-7(11)9(12,13)4-14-8(18)15-2-1-5(3-15)6(16)17/h5,7H,1-4H2,(H,14,18)(H,16,17). The number of carbonyl (C=O) groups excluding carboxylic acids is 1. The summed E-state index contributed by atoms with van der Waals surface area (Å²) in [6.45, 7) is -1.48. The Morgan fingerprint density at radius 1 is 1.44 bits per heavy atom. The van der Waals surface area contributed by atoms with Gasteiger partial charge in [0.25, 0.3) is 0 Å². The molecule has 0 spiro atoms. The lowest BCUT2D eigenvalue weighted by Gasteiger charge is -2.20. The fourth-order valence-corrected chi connectivity index (χ4v) is 1.53. The molecule has 1 unspecified atom stereocenters. The van der Waals surface area contributed by atoms with Gasteiger partial charge in [-0.05, 0) is 6.42 Å². The first-order valence-electron chi connectivity index (χ1n) is 5.15. The van der Waals surface area contributed by atoms with Crippen molar-refractivity contribution in [1.29, 1.82) is 0 Å². The Hall–Kier alpha value is -1.54. The molecule has 1 saturated heterocycles. The van der Waals surface area contributed by atoms with E-state index >= 15 is 0 Å². The van der Waals surface area contributed by atoms with E-state index in [0.717, 1.165) is 4.90 Å². The average molecular weight is 272 g/mol. The number of hydrogen-bond donors (Lipinski definition) is 2. The number of hydrogen-bond acceptors (Lipinski definition) is 2. The van der Waals surface area contributed by atoms with Crippen LogP contribution in [0.15, 0.2) is 0 Å². The molecule has 0 aromatic rings. The summed E-state index contributed by atoms with van der Waals surface area (Å²) in [5.74, 6) is -6.11. The normalized spacial score (nSPS) is 20.3. The zero-order valence-corrected chi connectivity index (χ0v) is 9.21. The molecule has 1 heterocycles. The molecule has 1 aliphatic heterocycles. The highest BCUT2D eigenvalue weighted by Gasteiger charge is 2.41. The monoisotopic (exact) mass is 272 g/mol. The van der Waals surface area contributed by atoms with Crippen LogP contribution in [0.1, 0.15) is 6.42 Å². The molecule has 9 heteroatoms. The van der Waals surface area contributed by atoms with E-state index in [1.165, 1.54) is 0 Å². The van der Waals surface area contributed by atoms with Crippen molar-refractivity contribution in [2.24, 2.45) is 5.92 Å². The van der Waals surface area contributed by atoms with Crippen molar-refractivity contribution in [2.45, 2.75) is 18.8 Å². The predicted octanol–water partition coefficient (Wildman–Crippen LogP) is 1.00. The van der Waals surface area contributed by atoms with Crippen LogP contribution in [-0.4, -0.2) is 54.0 Å².